The van der Waals surface area contributed by atoms with Crippen LogP contribution in [-0.2, 0) is 25.6 Å². The number of ether oxygens (including phenoxy) is 2. The number of benzene rings is 1. The van der Waals surface area contributed by atoms with Gasteiger partial charge in [0.1, 0.15) is 0 Å². The molecule has 1 unspecified atom stereocenters. The van der Waals surface area contributed by atoms with Gasteiger partial charge in [0.2, 0.25) is 0 Å². The van der Waals surface area contributed by atoms with Crippen molar-refractivity contribution < 1.29 is 19.1 Å². The fraction of sp³-hybridized carbons (Fsp3) is 0.467. The molecule has 0 aliphatic carbocycles. The Bertz CT molecular complexity index is 408. The number of carbonyl (C=O) groups excluding carboxylic acids is 2. The van der Waals surface area contributed by atoms with E-state index in [0.717, 1.165) is 26.1 Å². The van der Waals surface area contributed by atoms with Gasteiger partial charge in [0.15, 0.2) is 0 Å². The summed E-state index contributed by atoms with van der Waals surface area (Å²) < 4.78 is 8.63. The molecule has 1 aliphatic rings. The van der Waals surface area contributed by atoms with Gasteiger partial charge < -0.3 is 9.47 Å². The van der Waals surface area contributed by atoms with E-state index in [9.17, 15) is 4.79 Å². The van der Waals surface area contributed by atoms with Gasteiger partial charge in [-0.3, -0.25) is 14.5 Å². The van der Waals surface area contributed by atoms with E-state index in [1.165, 1.54) is 19.8 Å². The van der Waals surface area contributed by atoms with Crippen molar-refractivity contribution in [1.82, 2.24) is 4.90 Å². The molecule has 1 heterocycles. The van der Waals surface area contributed by atoms with Crippen molar-refractivity contribution in [1.29, 1.82) is 0 Å². The Kier molecular flexibility index (Phi) is 7.35. The van der Waals surface area contributed by atoms with Crippen LogP contribution >= 0.6 is 0 Å². The van der Waals surface area contributed by atoms with E-state index >= 15 is 0 Å². The van der Waals surface area contributed by atoms with Crippen LogP contribution in [0.15, 0.2) is 30.3 Å². The lowest BCUT2D eigenvalue weighted by Gasteiger charge is -2.15. The third kappa shape index (κ3) is 5.40. The maximum absolute atomic E-state index is 11.4. The first-order valence-corrected chi connectivity index (χ1v) is 6.51. The summed E-state index contributed by atoms with van der Waals surface area (Å²) in [5.74, 6) is -0.00993. The highest BCUT2D eigenvalue weighted by molar-refractivity contribution is 5.72. The highest BCUT2D eigenvalue weighted by atomic mass is 16.5. The number of nitrogens with zero attached hydrogens (tertiary/aromatic N) is 1. The van der Waals surface area contributed by atoms with E-state index in [1.807, 2.05) is 18.2 Å². The highest BCUT2D eigenvalue weighted by Gasteiger charge is 2.28. The SMILES string of the molecule is COC(=O)C1CCN(Cc2ccccc2)C1.COC=O. The van der Waals surface area contributed by atoms with Crippen molar-refractivity contribution in [2.45, 2.75) is 13.0 Å². The second kappa shape index (κ2) is 9.09. The molecule has 1 fully saturated rings. The van der Waals surface area contributed by atoms with Crippen molar-refractivity contribution in [2.75, 3.05) is 27.3 Å². The smallest absolute Gasteiger partial charge is 0.310 e. The first-order valence-electron chi connectivity index (χ1n) is 6.51. The quantitative estimate of drug-likeness (QED) is 0.617. The van der Waals surface area contributed by atoms with Crippen LogP contribution in [0.5, 0.6) is 0 Å². The van der Waals surface area contributed by atoms with Gasteiger partial charge in [-0.15, -0.1) is 0 Å². The van der Waals surface area contributed by atoms with E-state index in [4.69, 9.17) is 9.53 Å². The first kappa shape index (κ1) is 16.2. The van der Waals surface area contributed by atoms with Gasteiger partial charge in [0.25, 0.3) is 6.47 Å². The van der Waals surface area contributed by atoms with Crippen LogP contribution in [0.25, 0.3) is 0 Å². The Labute approximate surface area is 119 Å². The molecular formula is C15H21NO4. The van der Waals surface area contributed by atoms with Gasteiger partial charge in [-0.2, -0.15) is 0 Å². The third-order valence-corrected chi connectivity index (χ3v) is 3.15. The van der Waals surface area contributed by atoms with Gasteiger partial charge >= 0.3 is 5.97 Å². The molecule has 0 bridgehead atoms. The zero-order valence-electron chi connectivity index (χ0n) is 12.0. The lowest BCUT2D eigenvalue weighted by Crippen LogP contribution is -2.23. The second-order valence-electron chi connectivity index (χ2n) is 4.56. The summed E-state index contributed by atoms with van der Waals surface area (Å²) in [7, 11) is 2.77. The van der Waals surface area contributed by atoms with Gasteiger partial charge in [-0.05, 0) is 18.5 Å². The topological polar surface area (TPSA) is 55.8 Å². The summed E-state index contributed by atoms with van der Waals surface area (Å²) in [4.78, 5) is 22.6. The average Bonchev–Trinajstić information content (AvgIpc) is 2.96. The molecule has 5 nitrogen and oxygen atoms in total. The molecule has 20 heavy (non-hydrogen) atoms. The molecule has 1 aliphatic heterocycles. The minimum atomic E-state index is -0.0736. The van der Waals surface area contributed by atoms with E-state index in [-0.39, 0.29) is 11.9 Å². The van der Waals surface area contributed by atoms with E-state index in [1.54, 1.807) is 0 Å². The monoisotopic (exact) mass is 279 g/mol. The molecule has 0 radical (unpaired) electrons. The lowest BCUT2D eigenvalue weighted by molar-refractivity contribution is -0.145. The molecule has 5 heteroatoms. The number of methoxy groups -OCH3 is 2. The molecule has 0 N–H and O–H groups in total. The largest absolute Gasteiger partial charge is 0.471 e. The molecule has 0 aromatic heterocycles. The maximum Gasteiger partial charge on any atom is 0.310 e. The Hall–Kier alpha value is -1.88. The molecule has 0 spiro atoms. The second-order valence-corrected chi connectivity index (χ2v) is 4.56. The summed E-state index contributed by atoms with van der Waals surface area (Å²) in [5.41, 5.74) is 1.30. The van der Waals surface area contributed by atoms with Crippen molar-refractivity contribution in [3.63, 3.8) is 0 Å². The minimum Gasteiger partial charge on any atom is -0.471 e. The van der Waals surface area contributed by atoms with Crippen LogP contribution in [0, 0.1) is 5.92 Å². The van der Waals surface area contributed by atoms with Crippen LogP contribution in [0.3, 0.4) is 0 Å². The molecule has 1 aromatic carbocycles. The van der Waals surface area contributed by atoms with Gasteiger partial charge in [-0.1, -0.05) is 30.3 Å². The number of hydrogen-bond acceptors (Lipinski definition) is 5. The summed E-state index contributed by atoms with van der Waals surface area (Å²) in [6.45, 7) is 3.10. The number of esters is 1. The Morgan fingerprint density at radius 1 is 1.35 bits per heavy atom. The summed E-state index contributed by atoms with van der Waals surface area (Å²) in [5, 5.41) is 0. The molecule has 110 valence electrons. The van der Waals surface area contributed by atoms with E-state index in [2.05, 4.69) is 21.8 Å². The Morgan fingerprint density at radius 2 is 2.00 bits per heavy atom. The number of rotatable bonds is 4. The Morgan fingerprint density at radius 3 is 2.55 bits per heavy atom. The summed E-state index contributed by atoms with van der Waals surface area (Å²) >= 11 is 0. The third-order valence-electron chi connectivity index (χ3n) is 3.15. The zero-order valence-corrected chi connectivity index (χ0v) is 12.0. The molecular weight excluding hydrogens is 258 g/mol. The standard InChI is InChI=1S/C13H17NO2.C2H4O2/c1-16-13(15)12-7-8-14(10-12)9-11-5-3-2-4-6-11;1-4-2-3/h2-6,12H,7-10H2,1H3;2H,1H3. The predicted octanol–water partition coefficient (Wildman–Crippen LogP) is 1.47. The fourth-order valence-corrected chi connectivity index (χ4v) is 2.18. The van der Waals surface area contributed by atoms with E-state index in [0.29, 0.717) is 6.47 Å². The molecule has 0 amide bonds. The average molecular weight is 279 g/mol. The molecule has 1 saturated heterocycles. The number of hydrogen-bond donors (Lipinski definition) is 0. The zero-order chi connectivity index (χ0) is 14.8. The van der Waals surface area contributed by atoms with Crippen LogP contribution < -0.4 is 0 Å². The highest BCUT2D eigenvalue weighted by Crippen LogP contribution is 2.19. The normalized spacial score (nSPS) is 17.8. The van der Waals surface area contributed by atoms with Crippen molar-refractivity contribution in [3.8, 4) is 0 Å². The van der Waals surface area contributed by atoms with Gasteiger partial charge in [-0.25, -0.2) is 0 Å². The first-order chi connectivity index (χ1) is 9.71. The molecule has 2 rings (SSSR count). The van der Waals surface area contributed by atoms with Crippen LogP contribution in [0.4, 0.5) is 0 Å². The molecule has 1 aromatic rings. The minimum absolute atomic E-state index is 0.0636. The summed E-state index contributed by atoms with van der Waals surface area (Å²) in [6, 6.07) is 10.3. The predicted molar refractivity (Wildman–Crippen MR) is 74.9 cm³/mol. The molecule has 0 saturated carbocycles. The van der Waals surface area contributed by atoms with Crippen LogP contribution in [-0.4, -0.2) is 44.7 Å². The van der Waals surface area contributed by atoms with Crippen LogP contribution in [0.2, 0.25) is 0 Å². The van der Waals surface area contributed by atoms with Gasteiger partial charge in [0, 0.05) is 13.1 Å². The number of likely N-dealkylation sites (tertiary alicyclic amines) is 1. The van der Waals surface area contributed by atoms with Crippen molar-refractivity contribution in [3.05, 3.63) is 35.9 Å². The fourth-order valence-electron chi connectivity index (χ4n) is 2.18. The lowest BCUT2D eigenvalue weighted by atomic mass is 10.1. The molecule has 1 atom stereocenters. The summed E-state index contributed by atoms with van der Waals surface area (Å²) in [6.07, 6.45) is 0.916. The van der Waals surface area contributed by atoms with Gasteiger partial charge in [0.05, 0.1) is 20.1 Å². The number of carbonyl (C=O) groups is 2. The maximum atomic E-state index is 11.4. The van der Waals surface area contributed by atoms with Crippen molar-refractivity contribution >= 4 is 12.4 Å². The van der Waals surface area contributed by atoms with E-state index < -0.39 is 0 Å². The van der Waals surface area contributed by atoms with Crippen LogP contribution in [0.1, 0.15) is 12.0 Å². The van der Waals surface area contributed by atoms with Crippen molar-refractivity contribution in [2.24, 2.45) is 5.92 Å². The Balaban J connectivity index is 0.000000444.